The van der Waals surface area contributed by atoms with E-state index in [4.69, 9.17) is 22.1 Å². The molecule has 0 saturated heterocycles. The average molecular weight is 290 g/mol. The number of halogens is 1. The van der Waals surface area contributed by atoms with Crippen LogP contribution in [0.15, 0.2) is 36.4 Å². The van der Waals surface area contributed by atoms with Gasteiger partial charge < -0.3 is 10.5 Å². The zero-order chi connectivity index (χ0) is 14.7. The van der Waals surface area contributed by atoms with Crippen molar-refractivity contribution >= 4 is 11.6 Å². The van der Waals surface area contributed by atoms with Crippen LogP contribution in [0.1, 0.15) is 28.3 Å². The van der Waals surface area contributed by atoms with Crippen molar-refractivity contribution in [2.24, 2.45) is 5.73 Å². The largest absolute Gasteiger partial charge is 0.496 e. The number of hydrogen-bond donors (Lipinski definition) is 1. The van der Waals surface area contributed by atoms with Crippen molar-refractivity contribution in [1.82, 2.24) is 0 Å². The summed E-state index contributed by atoms with van der Waals surface area (Å²) in [5, 5.41) is 0.720. The van der Waals surface area contributed by atoms with Crippen LogP contribution >= 0.6 is 11.6 Å². The summed E-state index contributed by atoms with van der Waals surface area (Å²) in [6.45, 7) is 4.12. The van der Waals surface area contributed by atoms with Crippen molar-refractivity contribution in [3.05, 3.63) is 63.7 Å². The van der Waals surface area contributed by atoms with Gasteiger partial charge in [0, 0.05) is 11.1 Å². The number of rotatable bonds is 4. The number of ether oxygens (including phenoxy) is 1. The first-order valence-electron chi connectivity index (χ1n) is 6.66. The topological polar surface area (TPSA) is 35.2 Å². The molecule has 3 heteroatoms. The molecule has 0 aliphatic heterocycles. The first kappa shape index (κ1) is 14.9. The molecule has 0 aromatic heterocycles. The third-order valence-corrected chi connectivity index (χ3v) is 3.75. The fourth-order valence-corrected chi connectivity index (χ4v) is 2.61. The Morgan fingerprint density at radius 3 is 2.60 bits per heavy atom. The van der Waals surface area contributed by atoms with Crippen molar-refractivity contribution in [2.45, 2.75) is 26.3 Å². The van der Waals surface area contributed by atoms with E-state index in [-0.39, 0.29) is 6.04 Å². The summed E-state index contributed by atoms with van der Waals surface area (Å²) in [5.74, 6) is 0.880. The lowest BCUT2D eigenvalue weighted by Gasteiger charge is -2.17. The summed E-state index contributed by atoms with van der Waals surface area (Å²) in [7, 11) is 1.68. The van der Waals surface area contributed by atoms with Gasteiger partial charge in [0.2, 0.25) is 0 Å². The van der Waals surface area contributed by atoms with E-state index in [9.17, 15) is 0 Å². The Morgan fingerprint density at radius 2 is 1.90 bits per heavy atom. The molecule has 0 radical (unpaired) electrons. The van der Waals surface area contributed by atoms with Crippen LogP contribution in [-0.4, -0.2) is 7.11 Å². The molecule has 0 bridgehead atoms. The predicted molar refractivity (Wildman–Crippen MR) is 84.6 cm³/mol. The lowest BCUT2D eigenvalue weighted by molar-refractivity contribution is 0.408. The normalized spacial score (nSPS) is 12.2. The Labute approximate surface area is 125 Å². The Hall–Kier alpha value is -1.51. The maximum atomic E-state index is 6.36. The smallest absolute Gasteiger partial charge is 0.122 e. The summed E-state index contributed by atoms with van der Waals surface area (Å²) < 4.78 is 5.41. The van der Waals surface area contributed by atoms with E-state index < -0.39 is 0 Å². The molecule has 106 valence electrons. The third kappa shape index (κ3) is 3.33. The van der Waals surface area contributed by atoms with Crippen molar-refractivity contribution in [3.8, 4) is 5.75 Å². The standard InChI is InChI=1S/C17H20ClNO/c1-11-4-7-17(20-3)13(8-11)9-16(19)15-10-14(18)6-5-12(15)2/h4-8,10,16H,9,19H2,1-3H3. The number of benzene rings is 2. The maximum absolute atomic E-state index is 6.36. The lowest BCUT2D eigenvalue weighted by Crippen LogP contribution is -2.15. The summed E-state index contributed by atoms with van der Waals surface area (Å²) in [4.78, 5) is 0. The Morgan fingerprint density at radius 1 is 1.15 bits per heavy atom. The molecule has 0 spiro atoms. The SMILES string of the molecule is COc1ccc(C)cc1CC(N)c1cc(Cl)ccc1C. The van der Waals surface area contributed by atoms with Crippen LogP contribution in [0.4, 0.5) is 0 Å². The molecule has 2 aromatic carbocycles. The second-order valence-electron chi connectivity index (χ2n) is 5.13. The number of nitrogens with two attached hydrogens (primary N) is 1. The summed E-state index contributed by atoms with van der Waals surface area (Å²) in [6, 6.07) is 11.9. The number of aryl methyl sites for hydroxylation is 2. The van der Waals surface area contributed by atoms with Crippen LogP contribution in [0.3, 0.4) is 0 Å². The molecule has 20 heavy (non-hydrogen) atoms. The molecule has 0 aliphatic rings. The Kier molecular flexibility index (Phi) is 4.69. The van der Waals surface area contributed by atoms with E-state index >= 15 is 0 Å². The van der Waals surface area contributed by atoms with Crippen LogP contribution < -0.4 is 10.5 Å². The molecule has 0 aliphatic carbocycles. The van der Waals surface area contributed by atoms with Gasteiger partial charge in [0.25, 0.3) is 0 Å². The van der Waals surface area contributed by atoms with Gasteiger partial charge in [-0.15, -0.1) is 0 Å². The Balaban J connectivity index is 2.29. The van der Waals surface area contributed by atoms with Gasteiger partial charge in [-0.2, -0.15) is 0 Å². The molecule has 1 atom stereocenters. The quantitative estimate of drug-likeness (QED) is 0.915. The number of methoxy groups -OCH3 is 1. The van der Waals surface area contributed by atoms with Gasteiger partial charge in [-0.1, -0.05) is 35.4 Å². The molecule has 0 heterocycles. The average Bonchev–Trinajstić information content (AvgIpc) is 2.41. The Bertz CT molecular complexity index is 610. The van der Waals surface area contributed by atoms with Gasteiger partial charge in [-0.3, -0.25) is 0 Å². The van der Waals surface area contributed by atoms with E-state index in [0.29, 0.717) is 0 Å². The summed E-state index contributed by atoms with van der Waals surface area (Å²) in [5.41, 5.74) is 10.9. The predicted octanol–water partition coefficient (Wildman–Crippen LogP) is 4.21. The minimum absolute atomic E-state index is 0.0931. The van der Waals surface area contributed by atoms with Crippen molar-refractivity contribution < 1.29 is 4.74 Å². The van der Waals surface area contributed by atoms with Crippen molar-refractivity contribution in [3.63, 3.8) is 0 Å². The zero-order valence-corrected chi connectivity index (χ0v) is 12.9. The molecular formula is C17H20ClNO. The van der Waals surface area contributed by atoms with Gasteiger partial charge in [-0.25, -0.2) is 0 Å². The second kappa shape index (κ2) is 6.29. The van der Waals surface area contributed by atoms with Gasteiger partial charge in [0.15, 0.2) is 0 Å². The highest BCUT2D eigenvalue weighted by Crippen LogP contribution is 2.27. The van der Waals surface area contributed by atoms with Gasteiger partial charge in [-0.05, 0) is 55.2 Å². The highest BCUT2D eigenvalue weighted by molar-refractivity contribution is 6.30. The van der Waals surface area contributed by atoms with E-state index in [1.54, 1.807) is 7.11 Å². The van der Waals surface area contributed by atoms with E-state index in [0.717, 1.165) is 33.9 Å². The highest BCUT2D eigenvalue weighted by Gasteiger charge is 2.13. The fraction of sp³-hybridized carbons (Fsp3) is 0.294. The van der Waals surface area contributed by atoms with Crippen molar-refractivity contribution in [2.75, 3.05) is 7.11 Å². The molecule has 1 unspecified atom stereocenters. The number of hydrogen-bond acceptors (Lipinski definition) is 2. The highest BCUT2D eigenvalue weighted by atomic mass is 35.5. The van der Waals surface area contributed by atoms with E-state index in [2.05, 4.69) is 19.9 Å². The molecule has 0 saturated carbocycles. The van der Waals surface area contributed by atoms with Crippen LogP contribution in [0, 0.1) is 13.8 Å². The molecule has 2 nitrogen and oxygen atoms in total. The first-order valence-corrected chi connectivity index (χ1v) is 7.04. The monoisotopic (exact) mass is 289 g/mol. The first-order chi connectivity index (χ1) is 9.51. The van der Waals surface area contributed by atoms with Crippen LogP contribution in [0.5, 0.6) is 5.75 Å². The van der Waals surface area contributed by atoms with Gasteiger partial charge >= 0.3 is 0 Å². The molecular weight excluding hydrogens is 270 g/mol. The minimum atomic E-state index is -0.0931. The van der Waals surface area contributed by atoms with Crippen molar-refractivity contribution in [1.29, 1.82) is 0 Å². The molecule has 2 aromatic rings. The molecule has 2 N–H and O–H groups in total. The van der Waals surface area contributed by atoms with E-state index in [1.807, 2.05) is 30.3 Å². The zero-order valence-electron chi connectivity index (χ0n) is 12.1. The van der Waals surface area contributed by atoms with Crippen LogP contribution in [-0.2, 0) is 6.42 Å². The summed E-state index contributed by atoms with van der Waals surface area (Å²) in [6.07, 6.45) is 0.728. The molecule has 0 fully saturated rings. The van der Waals surface area contributed by atoms with Crippen LogP contribution in [0.25, 0.3) is 0 Å². The summed E-state index contributed by atoms with van der Waals surface area (Å²) >= 11 is 6.07. The van der Waals surface area contributed by atoms with Crippen LogP contribution in [0.2, 0.25) is 5.02 Å². The fourth-order valence-electron chi connectivity index (χ4n) is 2.42. The third-order valence-electron chi connectivity index (χ3n) is 3.52. The van der Waals surface area contributed by atoms with Gasteiger partial charge in [0.1, 0.15) is 5.75 Å². The second-order valence-corrected chi connectivity index (χ2v) is 5.56. The van der Waals surface area contributed by atoms with E-state index in [1.165, 1.54) is 5.56 Å². The molecule has 0 amide bonds. The van der Waals surface area contributed by atoms with Gasteiger partial charge in [0.05, 0.1) is 7.11 Å². The lowest BCUT2D eigenvalue weighted by atomic mass is 9.95. The molecule has 2 rings (SSSR count). The minimum Gasteiger partial charge on any atom is -0.496 e. The maximum Gasteiger partial charge on any atom is 0.122 e.